The van der Waals surface area contributed by atoms with Crippen molar-refractivity contribution in [1.29, 1.82) is 0 Å². The minimum absolute atomic E-state index is 0.0483. The molecule has 0 aromatic heterocycles. The Kier molecular flexibility index (Phi) is 24.6. The molecular formula is C43H66O6. The molecule has 2 aromatic rings. The summed E-state index contributed by atoms with van der Waals surface area (Å²) >= 11 is 0. The van der Waals surface area contributed by atoms with Crippen LogP contribution in [0.2, 0.25) is 0 Å². The fraction of sp³-hybridized carbons (Fsp3) is 0.651. The topological polar surface area (TPSA) is 78.9 Å². The minimum Gasteiger partial charge on any atom is -0.462 e. The molecule has 0 fully saturated rings. The van der Waals surface area contributed by atoms with Crippen LogP contribution in [-0.4, -0.2) is 24.0 Å². The van der Waals surface area contributed by atoms with Crippen molar-refractivity contribution >= 4 is 17.9 Å². The van der Waals surface area contributed by atoms with Gasteiger partial charge in [-0.15, -0.1) is 0 Å². The summed E-state index contributed by atoms with van der Waals surface area (Å²) in [7, 11) is 0. The van der Waals surface area contributed by atoms with Crippen LogP contribution >= 0.6 is 0 Å². The fourth-order valence-electron chi connectivity index (χ4n) is 6.13. The van der Waals surface area contributed by atoms with E-state index in [9.17, 15) is 14.4 Å². The van der Waals surface area contributed by atoms with Crippen molar-refractivity contribution in [3.05, 3.63) is 71.8 Å². The molecule has 0 atom stereocenters. The first-order chi connectivity index (χ1) is 24.0. The second-order valence-electron chi connectivity index (χ2n) is 13.6. The van der Waals surface area contributed by atoms with Crippen molar-refractivity contribution < 1.29 is 28.6 Å². The fourth-order valence-corrected chi connectivity index (χ4v) is 6.13. The van der Waals surface area contributed by atoms with E-state index in [4.69, 9.17) is 14.2 Å². The Labute approximate surface area is 298 Å². The lowest BCUT2D eigenvalue weighted by molar-refractivity contribution is -0.164. The molecule has 0 bridgehead atoms. The van der Waals surface area contributed by atoms with Crippen molar-refractivity contribution in [3.8, 4) is 0 Å². The summed E-state index contributed by atoms with van der Waals surface area (Å²) in [6.07, 6.45) is 23.4. The Morgan fingerprint density at radius 3 is 1.33 bits per heavy atom. The van der Waals surface area contributed by atoms with Crippen LogP contribution in [0.1, 0.15) is 166 Å². The monoisotopic (exact) mass is 678 g/mol. The SMILES string of the molecule is CCCCCCCCC(CCCCCCCC)OC(=O)CCCCCCCCC(C(=O)OCc1ccccc1)C(=O)OCc1ccccc1. The first-order valence-electron chi connectivity index (χ1n) is 19.6. The summed E-state index contributed by atoms with van der Waals surface area (Å²) in [5.41, 5.74) is 1.75. The highest BCUT2D eigenvalue weighted by Gasteiger charge is 2.29. The smallest absolute Gasteiger partial charge is 0.320 e. The highest BCUT2D eigenvalue weighted by atomic mass is 16.6. The molecule has 2 rings (SSSR count). The molecule has 2 aromatic carbocycles. The van der Waals surface area contributed by atoms with Crippen LogP contribution < -0.4 is 0 Å². The predicted octanol–water partition coefficient (Wildman–Crippen LogP) is 11.6. The quantitative estimate of drug-likeness (QED) is 0.0354. The second kappa shape index (κ2) is 28.7. The number of benzene rings is 2. The summed E-state index contributed by atoms with van der Waals surface area (Å²) < 4.78 is 17.0. The van der Waals surface area contributed by atoms with E-state index in [1.807, 2.05) is 60.7 Å². The number of unbranched alkanes of at least 4 members (excludes halogenated alkanes) is 15. The summed E-state index contributed by atoms with van der Waals surface area (Å²) in [6, 6.07) is 18.9. The highest BCUT2D eigenvalue weighted by molar-refractivity contribution is 5.94. The van der Waals surface area contributed by atoms with Crippen molar-refractivity contribution in [2.75, 3.05) is 0 Å². The first kappa shape index (κ1) is 42.0. The largest absolute Gasteiger partial charge is 0.462 e. The van der Waals surface area contributed by atoms with E-state index >= 15 is 0 Å². The molecule has 0 saturated carbocycles. The van der Waals surface area contributed by atoms with Crippen LogP contribution in [0.3, 0.4) is 0 Å². The zero-order valence-corrected chi connectivity index (χ0v) is 30.8. The van der Waals surface area contributed by atoms with Gasteiger partial charge in [-0.2, -0.15) is 0 Å². The number of carbonyl (C=O) groups excluding carboxylic acids is 3. The van der Waals surface area contributed by atoms with Crippen LogP contribution in [0.25, 0.3) is 0 Å². The Balaban J connectivity index is 1.69. The molecule has 6 nitrogen and oxygen atoms in total. The van der Waals surface area contributed by atoms with Gasteiger partial charge in [-0.25, -0.2) is 0 Å². The highest BCUT2D eigenvalue weighted by Crippen LogP contribution is 2.20. The third-order valence-corrected chi connectivity index (χ3v) is 9.20. The van der Waals surface area contributed by atoms with Gasteiger partial charge in [0.1, 0.15) is 19.3 Å². The average Bonchev–Trinajstić information content (AvgIpc) is 3.12. The molecule has 0 radical (unpaired) electrons. The van der Waals surface area contributed by atoms with E-state index in [1.54, 1.807) is 0 Å². The third kappa shape index (κ3) is 21.5. The van der Waals surface area contributed by atoms with Gasteiger partial charge >= 0.3 is 17.9 Å². The molecule has 0 heterocycles. The van der Waals surface area contributed by atoms with E-state index < -0.39 is 17.9 Å². The van der Waals surface area contributed by atoms with E-state index in [2.05, 4.69) is 13.8 Å². The minimum atomic E-state index is -0.942. The molecule has 6 heteroatoms. The number of hydrogen-bond acceptors (Lipinski definition) is 6. The van der Waals surface area contributed by atoms with Crippen LogP contribution in [0.5, 0.6) is 0 Å². The molecule has 0 aliphatic rings. The average molecular weight is 679 g/mol. The van der Waals surface area contributed by atoms with Crippen molar-refractivity contribution in [1.82, 2.24) is 0 Å². The number of carbonyl (C=O) groups is 3. The van der Waals surface area contributed by atoms with E-state index in [1.165, 1.54) is 64.2 Å². The van der Waals surface area contributed by atoms with Crippen LogP contribution in [0, 0.1) is 5.92 Å². The molecule has 274 valence electrons. The zero-order chi connectivity index (χ0) is 35.2. The van der Waals surface area contributed by atoms with Crippen molar-refractivity contribution in [2.45, 2.75) is 174 Å². The Hall–Kier alpha value is -3.15. The molecule has 0 spiro atoms. The molecule has 0 aliphatic heterocycles. The first-order valence-corrected chi connectivity index (χ1v) is 19.6. The second-order valence-corrected chi connectivity index (χ2v) is 13.6. The maximum atomic E-state index is 13.0. The molecule has 49 heavy (non-hydrogen) atoms. The van der Waals surface area contributed by atoms with E-state index in [-0.39, 0.29) is 25.3 Å². The van der Waals surface area contributed by atoms with Crippen molar-refractivity contribution in [2.24, 2.45) is 5.92 Å². The van der Waals surface area contributed by atoms with Gasteiger partial charge in [0.15, 0.2) is 5.92 Å². The number of esters is 3. The molecule has 0 unspecified atom stereocenters. The van der Waals surface area contributed by atoms with Gasteiger partial charge in [0, 0.05) is 6.42 Å². The maximum Gasteiger partial charge on any atom is 0.320 e. The lowest BCUT2D eigenvalue weighted by atomic mass is 10.00. The van der Waals surface area contributed by atoms with Gasteiger partial charge in [0.05, 0.1) is 0 Å². The standard InChI is InChI=1S/C43H66O6/c1-3-5-7-9-13-23-31-39(32-24-14-10-8-6-4-2)49-41(44)34-26-16-12-11-15-25-33-40(42(45)47-35-37-27-19-17-20-28-37)43(46)48-36-38-29-21-18-22-30-38/h17-22,27-30,39-40H,3-16,23-26,31-36H2,1-2H3. The normalized spacial score (nSPS) is 11.2. The van der Waals surface area contributed by atoms with Gasteiger partial charge in [-0.05, 0) is 49.7 Å². The van der Waals surface area contributed by atoms with Gasteiger partial charge < -0.3 is 14.2 Å². The van der Waals surface area contributed by atoms with Gasteiger partial charge in [0.25, 0.3) is 0 Å². The molecule has 0 N–H and O–H groups in total. The van der Waals surface area contributed by atoms with Gasteiger partial charge in [-0.3, -0.25) is 14.4 Å². The lowest BCUT2D eigenvalue weighted by Gasteiger charge is -2.18. The Morgan fingerprint density at radius 2 is 0.878 bits per heavy atom. The molecule has 0 aliphatic carbocycles. The van der Waals surface area contributed by atoms with Crippen molar-refractivity contribution in [3.63, 3.8) is 0 Å². The molecule has 0 amide bonds. The summed E-state index contributed by atoms with van der Waals surface area (Å²) in [6.45, 7) is 4.75. The number of hydrogen-bond donors (Lipinski definition) is 0. The van der Waals surface area contributed by atoms with Crippen LogP contribution in [0.15, 0.2) is 60.7 Å². The lowest BCUT2D eigenvalue weighted by Crippen LogP contribution is -2.28. The Bertz CT molecular complexity index is 1030. The summed E-state index contributed by atoms with van der Waals surface area (Å²) in [5, 5.41) is 0. The number of ether oxygens (including phenoxy) is 3. The maximum absolute atomic E-state index is 13.0. The molecular weight excluding hydrogens is 612 g/mol. The summed E-state index contributed by atoms with van der Waals surface area (Å²) in [5.74, 6) is -2.06. The zero-order valence-electron chi connectivity index (χ0n) is 30.8. The van der Waals surface area contributed by atoms with Gasteiger partial charge in [0.2, 0.25) is 0 Å². The summed E-state index contributed by atoms with van der Waals surface area (Å²) in [4.78, 5) is 38.7. The van der Waals surface area contributed by atoms with E-state index in [0.29, 0.717) is 12.8 Å². The van der Waals surface area contributed by atoms with Crippen LogP contribution in [0.4, 0.5) is 0 Å². The number of rotatable bonds is 30. The third-order valence-electron chi connectivity index (χ3n) is 9.20. The molecule has 0 saturated heterocycles. The van der Waals surface area contributed by atoms with Gasteiger partial charge in [-0.1, -0.05) is 171 Å². The van der Waals surface area contributed by atoms with E-state index in [0.717, 1.165) is 75.3 Å². The Morgan fingerprint density at radius 1 is 0.490 bits per heavy atom. The van der Waals surface area contributed by atoms with Crippen LogP contribution in [-0.2, 0) is 41.8 Å². The predicted molar refractivity (Wildman–Crippen MR) is 199 cm³/mol.